The Morgan fingerprint density at radius 3 is 2.46 bits per heavy atom. The molecule has 140 valence electrons. The number of ketones is 1. The molecule has 0 aliphatic carbocycles. The van der Waals surface area contributed by atoms with Crippen LogP contribution >= 0.6 is 0 Å². The predicted molar refractivity (Wildman–Crippen MR) is 99.5 cm³/mol. The number of nitrogens with zero attached hydrogens (tertiary/aromatic N) is 1. The maximum atomic E-state index is 13.3. The maximum absolute atomic E-state index is 13.3. The second-order valence-electron chi connectivity index (χ2n) is 7.30. The smallest absolute Gasteiger partial charge is 0.243 e. The standard InChI is InChI=1S/C20H25NO4S/c1-14(2)18-11-8-16(13-19(22)20-5-4-12-25-20)21(18)26(23,24)17-9-6-15(3)7-10-17/h4-7,9-10,12,14,16,18H,8,11,13H2,1-3H3/t16-,18+/m0/s1. The third-order valence-electron chi connectivity index (χ3n) is 5.07. The molecule has 0 unspecified atom stereocenters. The number of aryl methyl sites for hydroxylation is 1. The average Bonchev–Trinajstić information content (AvgIpc) is 3.25. The van der Waals surface area contributed by atoms with Crippen molar-refractivity contribution in [2.24, 2.45) is 5.92 Å². The van der Waals surface area contributed by atoms with E-state index in [9.17, 15) is 13.2 Å². The van der Waals surface area contributed by atoms with Gasteiger partial charge in [-0.3, -0.25) is 4.79 Å². The third-order valence-corrected chi connectivity index (χ3v) is 7.06. The van der Waals surface area contributed by atoms with Gasteiger partial charge in [0.1, 0.15) is 0 Å². The molecule has 26 heavy (non-hydrogen) atoms. The molecule has 1 aromatic carbocycles. The first-order chi connectivity index (χ1) is 12.3. The van der Waals surface area contributed by atoms with Gasteiger partial charge < -0.3 is 4.42 Å². The Kier molecular flexibility index (Phi) is 5.34. The molecule has 3 rings (SSSR count). The van der Waals surface area contributed by atoms with Crippen LogP contribution in [0.1, 0.15) is 49.2 Å². The Labute approximate surface area is 155 Å². The summed E-state index contributed by atoms with van der Waals surface area (Å²) >= 11 is 0. The highest BCUT2D eigenvalue weighted by molar-refractivity contribution is 7.89. The number of Topliss-reactive ketones (excluding diaryl/α,β-unsaturated/α-hetero) is 1. The van der Waals surface area contributed by atoms with Crippen molar-refractivity contribution in [2.75, 3.05) is 0 Å². The summed E-state index contributed by atoms with van der Waals surface area (Å²) in [7, 11) is -3.66. The molecule has 0 N–H and O–H groups in total. The third kappa shape index (κ3) is 3.62. The van der Waals surface area contributed by atoms with E-state index in [4.69, 9.17) is 4.42 Å². The van der Waals surface area contributed by atoms with Crippen LogP contribution in [0.4, 0.5) is 0 Å². The lowest BCUT2D eigenvalue weighted by molar-refractivity contribution is 0.0928. The quantitative estimate of drug-likeness (QED) is 0.715. The lowest BCUT2D eigenvalue weighted by Gasteiger charge is -2.31. The minimum absolute atomic E-state index is 0.101. The first-order valence-corrected chi connectivity index (χ1v) is 10.4. The van der Waals surface area contributed by atoms with Gasteiger partial charge in [-0.2, -0.15) is 4.31 Å². The summed E-state index contributed by atoms with van der Waals surface area (Å²) in [6.45, 7) is 5.98. The molecule has 1 fully saturated rings. The van der Waals surface area contributed by atoms with E-state index in [1.165, 1.54) is 6.26 Å². The Hall–Kier alpha value is -1.92. The maximum Gasteiger partial charge on any atom is 0.243 e. The monoisotopic (exact) mass is 375 g/mol. The molecule has 1 aliphatic heterocycles. The molecule has 5 nitrogen and oxygen atoms in total. The van der Waals surface area contributed by atoms with Crippen LogP contribution in [-0.4, -0.2) is 30.6 Å². The van der Waals surface area contributed by atoms with E-state index in [1.54, 1.807) is 40.7 Å². The number of carbonyl (C=O) groups excluding carboxylic acids is 1. The number of hydrogen-bond donors (Lipinski definition) is 0. The van der Waals surface area contributed by atoms with Crippen LogP contribution in [0.25, 0.3) is 0 Å². The van der Waals surface area contributed by atoms with Crippen LogP contribution in [0.3, 0.4) is 0 Å². The molecule has 0 bridgehead atoms. The molecule has 0 amide bonds. The number of hydrogen-bond acceptors (Lipinski definition) is 4. The zero-order valence-corrected chi connectivity index (χ0v) is 16.2. The van der Waals surface area contributed by atoms with Gasteiger partial charge in [0.25, 0.3) is 0 Å². The summed E-state index contributed by atoms with van der Waals surface area (Å²) in [5.74, 6) is 0.304. The van der Waals surface area contributed by atoms with Gasteiger partial charge in [0.2, 0.25) is 10.0 Å². The molecule has 2 atom stereocenters. The van der Waals surface area contributed by atoms with Crippen molar-refractivity contribution < 1.29 is 17.6 Å². The summed E-state index contributed by atoms with van der Waals surface area (Å²) in [5, 5.41) is 0. The van der Waals surface area contributed by atoms with Gasteiger partial charge in [-0.25, -0.2) is 8.42 Å². The fraction of sp³-hybridized carbons (Fsp3) is 0.450. The molecule has 2 heterocycles. The van der Waals surface area contributed by atoms with E-state index in [1.807, 2.05) is 20.8 Å². The molecular weight excluding hydrogens is 350 g/mol. The lowest BCUT2D eigenvalue weighted by atomic mass is 10.0. The second-order valence-corrected chi connectivity index (χ2v) is 9.14. The largest absolute Gasteiger partial charge is 0.461 e. The molecule has 0 saturated carbocycles. The number of carbonyl (C=O) groups is 1. The molecular formula is C20H25NO4S. The molecule has 2 aromatic rings. The average molecular weight is 375 g/mol. The molecule has 0 spiro atoms. The number of sulfonamides is 1. The van der Waals surface area contributed by atoms with Crippen molar-refractivity contribution in [1.29, 1.82) is 0 Å². The van der Waals surface area contributed by atoms with Crippen molar-refractivity contribution in [3.63, 3.8) is 0 Å². The van der Waals surface area contributed by atoms with Crippen molar-refractivity contribution >= 4 is 15.8 Å². The van der Waals surface area contributed by atoms with Crippen molar-refractivity contribution in [3.05, 3.63) is 54.0 Å². The summed E-state index contributed by atoms with van der Waals surface area (Å²) in [6, 6.07) is 9.74. The summed E-state index contributed by atoms with van der Waals surface area (Å²) in [5.41, 5.74) is 1.01. The molecule has 1 saturated heterocycles. The van der Waals surface area contributed by atoms with Crippen molar-refractivity contribution in [1.82, 2.24) is 4.31 Å². The zero-order valence-electron chi connectivity index (χ0n) is 15.4. The highest BCUT2D eigenvalue weighted by atomic mass is 32.2. The number of benzene rings is 1. The molecule has 6 heteroatoms. The minimum Gasteiger partial charge on any atom is -0.461 e. The number of rotatable bonds is 6. The Morgan fingerprint density at radius 2 is 1.88 bits per heavy atom. The van der Waals surface area contributed by atoms with Gasteiger partial charge in [0, 0.05) is 18.5 Å². The fourth-order valence-corrected chi connectivity index (χ4v) is 5.67. The number of furan rings is 1. The summed E-state index contributed by atoms with van der Waals surface area (Å²) < 4.78 is 33.4. The Bertz CT molecular complexity index is 854. The predicted octanol–water partition coefficient (Wildman–Crippen LogP) is 4.04. The van der Waals surface area contributed by atoms with Crippen LogP contribution in [0.2, 0.25) is 0 Å². The van der Waals surface area contributed by atoms with E-state index in [0.29, 0.717) is 6.42 Å². The van der Waals surface area contributed by atoms with Crippen LogP contribution in [0, 0.1) is 12.8 Å². The summed E-state index contributed by atoms with van der Waals surface area (Å²) in [6.07, 6.45) is 3.04. The normalized spacial score (nSPS) is 21.4. The lowest BCUT2D eigenvalue weighted by Crippen LogP contribution is -2.44. The SMILES string of the molecule is Cc1ccc(S(=O)(=O)N2[C@H](CC(=O)c3ccco3)CC[C@@H]2C(C)C)cc1. The van der Waals surface area contributed by atoms with E-state index in [2.05, 4.69) is 0 Å². The first-order valence-electron chi connectivity index (χ1n) is 8.97. The van der Waals surface area contributed by atoms with E-state index < -0.39 is 10.0 Å². The minimum atomic E-state index is -3.66. The van der Waals surface area contributed by atoms with Gasteiger partial charge in [0.05, 0.1) is 11.2 Å². The van der Waals surface area contributed by atoms with Crippen LogP contribution in [0.5, 0.6) is 0 Å². The first kappa shape index (κ1) is 18.9. The topological polar surface area (TPSA) is 67.6 Å². The molecule has 1 aromatic heterocycles. The fourth-order valence-electron chi connectivity index (χ4n) is 3.67. The highest BCUT2D eigenvalue weighted by Gasteiger charge is 2.44. The summed E-state index contributed by atoms with van der Waals surface area (Å²) in [4.78, 5) is 12.8. The van der Waals surface area contributed by atoms with Gasteiger partial charge in [-0.15, -0.1) is 0 Å². The van der Waals surface area contributed by atoms with Gasteiger partial charge >= 0.3 is 0 Å². The van der Waals surface area contributed by atoms with Gasteiger partial charge in [-0.05, 0) is 49.9 Å². The van der Waals surface area contributed by atoms with Crippen molar-refractivity contribution in [2.45, 2.75) is 57.0 Å². The van der Waals surface area contributed by atoms with E-state index in [-0.39, 0.29) is 40.9 Å². The van der Waals surface area contributed by atoms with Crippen LogP contribution in [0.15, 0.2) is 52.0 Å². The molecule has 1 aliphatic rings. The van der Waals surface area contributed by atoms with E-state index >= 15 is 0 Å². The van der Waals surface area contributed by atoms with E-state index in [0.717, 1.165) is 12.0 Å². The Balaban J connectivity index is 1.92. The second kappa shape index (κ2) is 7.37. The van der Waals surface area contributed by atoms with Gasteiger partial charge in [0.15, 0.2) is 11.5 Å². The van der Waals surface area contributed by atoms with Crippen LogP contribution in [-0.2, 0) is 10.0 Å². The Morgan fingerprint density at radius 1 is 1.19 bits per heavy atom. The van der Waals surface area contributed by atoms with Gasteiger partial charge in [-0.1, -0.05) is 31.5 Å². The highest BCUT2D eigenvalue weighted by Crippen LogP contribution is 2.36. The van der Waals surface area contributed by atoms with Crippen molar-refractivity contribution in [3.8, 4) is 0 Å². The van der Waals surface area contributed by atoms with Crippen LogP contribution < -0.4 is 0 Å². The molecule has 0 radical (unpaired) electrons. The zero-order chi connectivity index (χ0) is 18.9.